The monoisotopic (exact) mass is 312 g/mol. The van der Waals surface area contributed by atoms with E-state index in [1.54, 1.807) is 6.92 Å². The molecule has 0 unspecified atom stereocenters. The van der Waals surface area contributed by atoms with Gasteiger partial charge in [0.05, 0.1) is 31.8 Å². The third-order valence-electron chi connectivity index (χ3n) is 3.58. The van der Waals surface area contributed by atoms with Crippen LogP contribution in [0, 0.1) is 6.92 Å². The first-order valence-electron chi connectivity index (χ1n) is 7.47. The summed E-state index contributed by atoms with van der Waals surface area (Å²) in [6.45, 7) is 4.37. The third-order valence-corrected chi connectivity index (χ3v) is 3.58. The minimum Gasteiger partial charge on any atom is -0.379 e. The van der Waals surface area contributed by atoms with Crippen molar-refractivity contribution in [2.24, 2.45) is 0 Å². The molecule has 1 fully saturated rings. The quantitative estimate of drug-likeness (QED) is 0.744. The molecule has 1 N–H and O–H groups in total. The number of rotatable bonds is 7. The van der Waals surface area contributed by atoms with Crippen LogP contribution in [-0.4, -0.2) is 73.7 Å². The Morgan fingerprint density at radius 2 is 2.27 bits per heavy atom. The highest BCUT2D eigenvalue weighted by Gasteiger charge is 2.28. The van der Waals surface area contributed by atoms with Gasteiger partial charge in [-0.15, -0.1) is 0 Å². The number of nitrogens with zero attached hydrogens (tertiary/aromatic N) is 3. The standard InChI is InChI=1S/C14H24N4O4/c1-10-11(17-22-16-10)8-14(19)15-12-9-20-6-4-13(12)21-7-5-18(2)3/h12-13H,4-9H2,1-3H3,(H,15,19)/t12-,13+/m1/s1. The van der Waals surface area contributed by atoms with E-state index in [2.05, 4.69) is 25.2 Å². The van der Waals surface area contributed by atoms with Crippen molar-refractivity contribution in [2.75, 3.05) is 40.5 Å². The Kier molecular flexibility index (Phi) is 6.29. The average Bonchev–Trinajstić information content (AvgIpc) is 2.85. The van der Waals surface area contributed by atoms with Crippen molar-refractivity contribution >= 4 is 5.91 Å². The Labute approximate surface area is 130 Å². The molecule has 1 aliphatic rings. The fraction of sp³-hybridized carbons (Fsp3) is 0.786. The molecule has 1 amide bonds. The number of aryl methyl sites for hydroxylation is 1. The van der Waals surface area contributed by atoms with Crippen molar-refractivity contribution in [3.05, 3.63) is 11.4 Å². The van der Waals surface area contributed by atoms with Crippen LogP contribution >= 0.6 is 0 Å². The molecule has 1 aromatic heterocycles. The smallest absolute Gasteiger partial charge is 0.226 e. The van der Waals surface area contributed by atoms with E-state index in [4.69, 9.17) is 9.47 Å². The molecule has 1 aliphatic heterocycles. The molecule has 2 atom stereocenters. The van der Waals surface area contributed by atoms with Gasteiger partial charge < -0.3 is 19.7 Å². The maximum atomic E-state index is 12.1. The number of likely N-dealkylation sites (N-methyl/N-ethyl adjacent to an activating group) is 1. The molecule has 2 rings (SSSR count). The van der Waals surface area contributed by atoms with Crippen LogP contribution in [0.15, 0.2) is 4.63 Å². The summed E-state index contributed by atoms with van der Waals surface area (Å²) in [7, 11) is 4.00. The summed E-state index contributed by atoms with van der Waals surface area (Å²) < 4.78 is 15.9. The highest BCUT2D eigenvalue weighted by molar-refractivity contribution is 5.78. The van der Waals surface area contributed by atoms with Crippen LogP contribution < -0.4 is 5.32 Å². The molecular formula is C14H24N4O4. The van der Waals surface area contributed by atoms with E-state index in [1.807, 2.05) is 14.1 Å². The van der Waals surface area contributed by atoms with Crippen LogP contribution in [0.5, 0.6) is 0 Å². The van der Waals surface area contributed by atoms with E-state index >= 15 is 0 Å². The third kappa shape index (κ3) is 5.04. The predicted octanol–water partition coefficient (Wildman–Crippen LogP) is -0.228. The lowest BCUT2D eigenvalue weighted by molar-refractivity contribution is -0.125. The molecule has 0 spiro atoms. The summed E-state index contributed by atoms with van der Waals surface area (Å²) in [5.41, 5.74) is 1.19. The second kappa shape index (κ2) is 8.21. The largest absolute Gasteiger partial charge is 0.379 e. The zero-order chi connectivity index (χ0) is 15.9. The second-order valence-electron chi connectivity index (χ2n) is 5.72. The SMILES string of the molecule is Cc1nonc1CC(=O)N[C@@H]1COCC[C@@H]1OCCN(C)C. The number of carbonyl (C=O) groups is 1. The summed E-state index contributed by atoms with van der Waals surface area (Å²) >= 11 is 0. The minimum absolute atomic E-state index is 0.0193. The van der Waals surface area contributed by atoms with Gasteiger partial charge in [-0.25, -0.2) is 4.63 Å². The van der Waals surface area contributed by atoms with Gasteiger partial charge in [0, 0.05) is 13.2 Å². The van der Waals surface area contributed by atoms with Crippen LogP contribution in [0.3, 0.4) is 0 Å². The van der Waals surface area contributed by atoms with E-state index in [1.165, 1.54) is 0 Å². The maximum absolute atomic E-state index is 12.1. The van der Waals surface area contributed by atoms with Gasteiger partial charge in [-0.2, -0.15) is 0 Å². The number of aromatic nitrogens is 2. The van der Waals surface area contributed by atoms with Crippen molar-refractivity contribution in [1.29, 1.82) is 0 Å². The lowest BCUT2D eigenvalue weighted by Gasteiger charge is -2.32. The van der Waals surface area contributed by atoms with E-state index in [-0.39, 0.29) is 24.5 Å². The molecule has 124 valence electrons. The summed E-state index contributed by atoms with van der Waals surface area (Å²) in [6, 6.07) is -0.136. The number of amides is 1. The van der Waals surface area contributed by atoms with Crippen LogP contribution in [0.1, 0.15) is 17.8 Å². The topological polar surface area (TPSA) is 89.7 Å². The van der Waals surface area contributed by atoms with E-state index in [9.17, 15) is 4.79 Å². The fourth-order valence-electron chi connectivity index (χ4n) is 2.26. The molecule has 1 saturated heterocycles. The van der Waals surface area contributed by atoms with Gasteiger partial charge in [-0.3, -0.25) is 4.79 Å². The molecular weight excluding hydrogens is 288 g/mol. The van der Waals surface area contributed by atoms with Crippen molar-refractivity contribution < 1.29 is 18.9 Å². The average molecular weight is 312 g/mol. The zero-order valence-corrected chi connectivity index (χ0v) is 13.4. The van der Waals surface area contributed by atoms with Gasteiger partial charge in [0.15, 0.2) is 0 Å². The van der Waals surface area contributed by atoms with Crippen LogP contribution in [0.4, 0.5) is 0 Å². The molecule has 0 aromatic carbocycles. The molecule has 2 heterocycles. The zero-order valence-electron chi connectivity index (χ0n) is 13.4. The van der Waals surface area contributed by atoms with Crippen molar-refractivity contribution in [2.45, 2.75) is 31.9 Å². The number of hydrogen-bond donors (Lipinski definition) is 1. The summed E-state index contributed by atoms with van der Waals surface area (Å²) in [5, 5.41) is 10.4. The van der Waals surface area contributed by atoms with Crippen molar-refractivity contribution in [3.63, 3.8) is 0 Å². The fourth-order valence-corrected chi connectivity index (χ4v) is 2.26. The Bertz CT molecular complexity index is 477. The maximum Gasteiger partial charge on any atom is 0.226 e. The Morgan fingerprint density at radius 3 is 2.95 bits per heavy atom. The van der Waals surface area contributed by atoms with Gasteiger partial charge in [0.1, 0.15) is 11.4 Å². The van der Waals surface area contributed by atoms with E-state index in [0.29, 0.717) is 31.2 Å². The van der Waals surface area contributed by atoms with Crippen LogP contribution in [0.2, 0.25) is 0 Å². The highest BCUT2D eigenvalue weighted by Crippen LogP contribution is 2.12. The summed E-state index contributed by atoms with van der Waals surface area (Å²) in [4.78, 5) is 14.2. The number of carbonyl (C=O) groups excluding carboxylic acids is 1. The van der Waals surface area contributed by atoms with Gasteiger partial charge in [-0.1, -0.05) is 10.3 Å². The minimum atomic E-state index is -0.136. The normalized spacial score (nSPS) is 22.0. The van der Waals surface area contributed by atoms with Gasteiger partial charge in [0.25, 0.3) is 0 Å². The van der Waals surface area contributed by atoms with Crippen molar-refractivity contribution in [1.82, 2.24) is 20.5 Å². The van der Waals surface area contributed by atoms with E-state index in [0.717, 1.165) is 13.0 Å². The molecule has 1 aromatic rings. The lowest BCUT2D eigenvalue weighted by atomic mass is 10.1. The predicted molar refractivity (Wildman–Crippen MR) is 78.4 cm³/mol. The van der Waals surface area contributed by atoms with Gasteiger partial charge in [-0.05, 0) is 27.4 Å². The molecule has 0 aliphatic carbocycles. The summed E-state index contributed by atoms with van der Waals surface area (Å²) in [5.74, 6) is -0.129. The van der Waals surface area contributed by atoms with Crippen molar-refractivity contribution in [3.8, 4) is 0 Å². The molecule has 22 heavy (non-hydrogen) atoms. The summed E-state index contributed by atoms with van der Waals surface area (Å²) in [6.07, 6.45) is 0.910. The lowest BCUT2D eigenvalue weighted by Crippen LogP contribution is -2.51. The number of hydrogen-bond acceptors (Lipinski definition) is 7. The first-order chi connectivity index (χ1) is 10.6. The first-order valence-corrected chi connectivity index (χ1v) is 7.47. The van der Waals surface area contributed by atoms with Crippen LogP contribution in [-0.2, 0) is 20.7 Å². The second-order valence-corrected chi connectivity index (χ2v) is 5.72. The van der Waals surface area contributed by atoms with Gasteiger partial charge in [0.2, 0.25) is 5.91 Å². The Morgan fingerprint density at radius 1 is 1.45 bits per heavy atom. The van der Waals surface area contributed by atoms with Crippen LogP contribution in [0.25, 0.3) is 0 Å². The molecule has 8 nitrogen and oxygen atoms in total. The first kappa shape index (κ1) is 16.9. The van der Waals surface area contributed by atoms with Gasteiger partial charge >= 0.3 is 0 Å². The highest BCUT2D eigenvalue weighted by atomic mass is 16.6. The Hall–Kier alpha value is -1.51. The number of nitrogens with one attached hydrogen (secondary N) is 1. The van der Waals surface area contributed by atoms with E-state index < -0.39 is 0 Å². The molecule has 8 heteroatoms. The molecule has 0 saturated carbocycles. The molecule has 0 radical (unpaired) electrons. The Balaban J connectivity index is 1.82. The number of ether oxygens (including phenoxy) is 2. The molecule has 0 bridgehead atoms.